The van der Waals surface area contributed by atoms with E-state index in [2.05, 4.69) is 34.1 Å². The maximum Gasteiger partial charge on any atom is 0.254 e. The van der Waals surface area contributed by atoms with Crippen molar-refractivity contribution in [2.24, 2.45) is 0 Å². The molecule has 0 unspecified atom stereocenters. The van der Waals surface area contributed by atoms with Crippen LogP contribution in [-0.2, 0) is 6.54 Å². The third-order valence-electron chi connectivity index (χ3n) is 4.59. The lowest BCUT2D eigenvalue weighted by Crippen LogP contribution is -3.13. The van der Waals surface area contributed by atoms with E-state index in [-0.39, 0.29) is 5.91 Å². The van der Waals surface area contributed by atoms with Gasteiger partial charge in [0.15, 0.2) is 0 Å². The van der Waals surface area contributed by atoms with Crippen molar-refractivity contribution in [1.29, 1.82) is 0 Å². The Labute approximate surface area is 159 Å². The number of fused-ring (bicyclic) bond motifs is 1. The molecule has 1 aliphatic heterocycles. The largest absolute Gasteiger partial charge is 0.327 e. The zero-order valence-corrected chi connectivity index (χ0v) is 16.1. The first kappa shape index (κ1) is 16.7. The number of carbonyl (C=O) groups excluding carboxylic acids is 1. The summed E-state index contributed by atoms with van der Waals surface area (Å²) in [4.78, 5) is 20.8. The number of benzene rings is 2. The monoisotopic (exact) mass is 416 g/mol. The molecule has 1 saturated heterocycles. The number of rotatable bonds is 3. The molecule has 1 N–H and O–H groups in total. The highest BCUT2D eigenvalue weighted by Gasteiger charge is 2.25. The highest BCUT2D eigenvalue weighted by Crippen LogP contribution is 2.20. The molecule has 0 saturated carbocycles. The van der Waals surface area contributed by atoms with Crippen LogP contribution in [0.4, 0.5) is 0 Å². The molecule has 6 heteroatoms. The molecule has 0 atom stereocenters. The van der Waals surface area contributed by atoms with Crippen LogP contribution in [-0.4, -0.2) is 42.0 Å². The summed E-state index contributed by atoms with van der Waals surface area (Å²) in [6, 6.07) is 15.9. The number of amides is 1. The third-order valence-corrected chi connectivity index (χ3v) is 6.15. The van der Waals surface area contributed by atoms with Crippen LogP contribution in [0.2, 0.25) is 0 Å². The maximum atomic E-state index is 12.6. The third kappa shape index (κ3) is 3.76. The Kier molecular flexibility index (Phi) is 4.83. The minimum Gasteiger partial charge on any atom is -0.327 e. The van der Waals surface area contributed by atoms with Crippen molar-refractivity contribution in [2.45, 2.75) is 6.54 Å². The first-order chi connectivity index (χ1) is 12.2. The maximum absolute atomic E-state index is 12.6. The van der Waals surface area contributed by atoms with Gasteiger partial charge in [-0.05, 0) is 36.4 Å². The molecule has 4 rings (SSSR count). The first-order valence-corrected chi connectivity index (χ1v) is 10.0. The number of piperazine rings is 1. The number of thiazole rings is 1. The van der Waals surface area contributed by atoms with Gasteiger partial charge in [0.25, 0.3) is 5.91 Å². The molecular formula is C19H19BrN3OS+. The van der Waals surface area contributed by atoms with Gasteiger partial charge in [0, 0.05) is 10.0 Å². The molecule has 4 nitrogen and oxygen atoms in total. The quantitative estimate of drug-likeness (QED) is 0.712. The molecule has 1 amide bonds. The average Bonchev–Trinajstić information content (AvgIpc) is 3.05. The van der Waals surface area contributed by atoms with Gasteiger partial charge >= 0.3 is 0 Å². The lowest BCUT2D eigenvalue weighted by Gasteiger charge is -2.31. The highest BCUT2D eigenvalue weighted by molar-refractivity contribution is 9.10. The van der Waals surface area contributed by atoms with E-state index < -0.39 is 0 Å². The second-order valence-electron chi connectivity index (χ2n) is 6.30. The average molecular weight is 417 g/mol. The van der Waals surface area contributed by atoms with Crippen LogP contribution in [0.25, 0.3) is 10.2 Å². The van der Waals surface area contributed by atoms with Crippen molar-refractivity contribution in [1.82, 2.24) is 9.88 Å². The van der Waals surface area contributed by atoms with Crippen LogP contribution < -0.4 is 4.90 Å². The summed E-state index contributed by atoms with van der Waals surface area (Å²) in [6.45, 7) is 4.49. The minimum atomic E-state index is 0.131. The van der Waals surface area contributed by atoms with Crippen molar-refractivity contribution in [3.63, 3.8) is 0 Å². The summed E-state index contributed by atoms with van der Waals surface area (Å²) in [5.41, 5.74) is 1.85. The number of nitrogens with one attached hydrogen (secondary N) is 1. The van der Waals surface area contributed by atoms with Crippen molar-refractivity contribution < 1.29 is 9.69 Å². The van der Waals surface area contributed by atoms with Gasteiger partial charge < -0.3 is 9.80 Å². The summed E-state index contributed by atoms with van der Waals surface area (Å²) in [7, 11) is 0. The predicted molar refractivity (Wildman–Crippen MR) is 104 cm³/mol. The van der Waals surface area contributed by atoms with E-state index in [1.807, 2.05) is 35.2 Å². The Morgan fingerprint density at radius 2 is 1.84 bits per heavy atom. The fourth-order valence-electron chi connectivity index (χ4n) is 3.19. The molecule has 1 fully saturated rings. The minimum absolute atomic E-state index is 0.131. The Morgan fingerprint density at radius 1 is 1.12 bits per heavy atom. The topological polar surface area (TPSA) is 37.6 Å². The Morgan fingerprint density at radius 3 is 2.56 bits per heavy atom. The molecule has 0 aliphatic carbocycles. The molecule has 2 aromatic carbocycles. The Balaban J connectivity index is 1.36. The van der Waals surface area contributed by atoms with Gasteiger partial charge in [-0.15, -0.1) is 11.3 Å². The molecule has 0 spiro atoms. The van der Waals surface area contributed by atoms with Gasteiger partial charge in [-0.2, -0.15) is 0 Å². The van der Waals surface area contributed by atoms with E-state index in [9.17, 15) is 4.79 Å². The fourth-order valence-corrected chi connectivity index (χ4v) is 4.49. The number of hydrogen-bond acceptors (Lipinski definition) is 3. The number of aromatic nitrogens is 1. The number of hydrogen-bond donors (Lipinski definition) is 1. The standard InChI is InChI=1S/C19H18BrN3OS/c20-15-7-5-14(6-8-15)19(24)23-11-9-22(10-12-23)13-18-21-16-3-1-2-4-17(16)25-18/h1-8H,9-13H2/p+1. The van der Waals surface area contributed by atoms with Gasteiger partial charge in [0.2, 0.25) is 0 Å². The normalized spacial score (nSPS) is 15.6. The van der Waals surface area contributed by atoms with Gasteiger partial charge in [0.05, 0.1) is 36.4 Å². The van der Waals surface area contributed by atoms with Crippen molar-refractivity contribution in [2.75, 3.05) is 26.2 Å². The molecule has 25 heavy (non-hydrogen) atoms. The number of quaternary nitrogens is 1. The SMILES string of the molecule is O=C(c1ccc(Br)cc1)N1CC[NH+](Cc2nc3ccccc3s2)CC1. The summed E-state index contributed by atoms with van der Waals surface area (Å²) in [6.07, 6.45) is 0. The van der Waals surface area contributed by atoms with Crippen LogP contribution in [0.1, 0.15) is 15.4 Å². The first-order valence-electron chi connectivity index (χ1n) is 8.42. The van der Waals surface area contributed by atoms with E-state index in [1.165, 1.54) is 14.6 Å². The Bertz CT molecular complexity index is 852. The van der Waals surface area contributed by atoms with Crippen LogP contribution in [0, 0.1) is 0 Å². The molecule has 1 aliphatic rings. The van der Waals surface area contributed by atoms with E-state index in [0.29, 0.717) is 0 Å². The lowest BCUT2D eigenvalue weighted by atomic mass is 10.2. The molecule has 0 bridgehead atoms. The zero-order chi connectivity index (χ0) is 17.2. The zero-order valence-electron chi connectivity index (χ0n) is 13.7. The number of carbonyl (C=O) groups is 1. The van der Waals surface area contributed by atoms with Crippen molar-refractivity contribution >= 4 is 43.4 Å². The summed E-state index contributed by atoms with van der Waals surface area (Å²) < 4.78 is 2.25. The van der Waals surface area contributed by atoms with Crippen LogP contribution in [0.15, 0.2) is 53.0 Å². The summed E-state index contributed by atoms with van der Waals surface area (Å²) in [5.74, 6) is 0.131. The summed E-state index contributed by atoms with van der Waals surface area (Å²) in [5, 5.41) is 1.18. The van der Waals surface area contributed by atoms with Gasteiger partial charge in [0.1, 0.15) is 11.6 Å². The van der Waals surface area contributed by atoms with Crippen molar-refractivity contribution in [3.8, 4) is 0 Å². The summed E-state index contributed by atoms with van der Waals surface area (Å²) >= 11 is 5.19. The highest BCUT2D eigenvalue weighted by atomic mass is 79.9. The van der Waals surface area contributed by atoms with Crippen LogP contribution >= 0.6 is 27.3 Å². The molecule has 2 heterocycles. The fraction of sp³-hybridized carbons (Fsp3) is 0.263. The van der Waals surface area contributed by atoms with Crippen LogP contribution in [0.3, 0.4) is 0 Å². The van der Waals surface area contributed by atoms with Gasteiger partial charge in [-0.3, -0.25) is 4.79 Å². The van der Waals surface area contributed by atoms with Gasteiger partial charge in [-0.25, -0.2) is 4.98 Å². The number of nitrogens with zero attached hydrogens (tertiary/aromatic N) is 2. The van der Waals surface area contributed by atoms with E-state index in [1.54, 1.807) is 11.3 Å². The van der Waals surface area contributed by atoms with E-state index in [4.69, 9.17) is 4.98 Å². The van der Waals surface area contributed by atoms with E-state index in [0.717, 1.165) is 48.3 Å². The number of para-hydroxylation sites is 1. The lowest BCUT2D eigenvalue weighted by molar-refractivity contribution is -0.917. The smallest absolute Gasteiger partial charge is 0.254 e. The van der Waals surface area contributed by atoms with E-state index >= 15 is 0 Å². The predicted octanol–water partition coefficient (Wildman–Crippen LogP) is 2.60. The molecule has 128 valence electrons. The van der Waals surface area contributed by atoms with Crippen LogP contribution in [0.5, 0.6) is 0 Å². The second kappa shape index (κ2) is 7.23. The molecular weight excluding hydrogens is 398 g/mol. The number of halogens is 1. The second-order valence-corrected chi connectivity index (χ2v) is 8.33. The molecule has 1 aromatic heterocycles. The Hall–Kier alpha value is -1.76. The van der Waals surface area contributed by atoms with Gasteiger partial charge in [-0.1, -0.05) is 28.1 Å². The molecule has 0 radical (unpaired) electrons. The molecule has 3 aromatic rings. The van der Waals surface area contributed by atoms with Crippen molar-refractivity contribution in [3.05, 3.63) is 63.6 Å².